The number of carbonyl (C=O) groups is 2. The highest BCUT2D eigenvalue weighted by atomic mass is 32.2. The minimum Gasteiger partial charge on any atom is -0.339 e. The zero-order chi connectivity index (χ0) is 15.5. The maximum absolute atomic E-state index is 12.7. The molecular formula is C17H22N2O2S. The van der Waals surface area contributed by atoms with Crippen molar-refractivity contribution < 1.29 is 9.59 Å². The highest BCUT2D eigenvalue weighted by Crippen LogP contribution is 2.30. The first-order valence-corrected chi connectivity index (χ1v) is 9.19. The van der Waals surface area contributed by atoms with Crippen LogP contribution in [0.3, 0.4) is 0 Å². The monoisotopic (exact) mass is 318 g/mol. The Morgan fingerprint density at radius 1 is 1.23 bits per heavy atom. The van der Waals surface area contributed by atoms with Gasteiger partial charge in [0, 0.05) is 25.7 Å². The number of thioether (sulfide) groups is 1. The molecule has 0 aromatic heterocycles. The molecular weight excluding hydrogens is 296 g/mol. The van der Waals surface area contributed by atoms with Crippen molar-refractivity contribution in [1.82, 2.24) is 9.80 Å². The fraction of sp³-hybridized carbons (Fsp3) is 0.529. The van der Waals surface area contributed by atoms with E-state index in [0.717, 1.165) is 18.4 Å². The molecule has 0 N–H and O–H groups in total. The molecule has 2 atom stereocenters. The van der Waals surface area contributed by atoms with Gasteiger partial charge in [-0.3, -0.25) is 9.59 Å². The smallest absolute Gasteiger partial charge is 0.232 e. The van der Waals surface area contributed by atoms with E-state index in [-0.39, 0.29) is 23.8 Å². The second-order valence-corrected chi connectivity index (χ2v) is 6.98. The van der Waals surface area contributed by atoms with E-state index >= 15 is 0 Å². The Morgan fingerprint density at radius 3 is 2.73 bits per heavy atom. The zero-order valence-electron chi connectivity index (χ0n) is 12.9. The Bertz CT molecular complexity index is 549. The highest BCUT2D eigenvalue weighted by Gasteiger charge is 2.41. The summed E-state index contributed by atoms with van der Waals surface area (Å²) in [4.78, 5) is 28.8. The van der Waals surface area contributed by atoms with Gasteiger partial charge in [-0.1, -0.05) is 30.3 Å². The van der Waals surface area contributed by atoms with Crippen LogP contribution in [0.5, 0.6) is 0 Å². The number of amides is 2. The molecule has 2 unspecified atom stereocenters. The Kier molecular flexibility index (Phi) is 4.71. The van der Waals surface area contributed by atoms with Gasteiger partial charge in [-0.15, -0.1) is 0 Å². The van der Waals surface area contributed by atoms with Crippen molar-refractivity contribution in [2.75, 3.05) is 25.1 Å². The van der Waals surface area contributed by atoms with E-state index in [1.54, 1.807) is 11.8 Å². The van der Waals surface area contributed by atoms with Crippen LogP contribution < -0.4 is 0 Å². The number of piperidine rings is 1. The van der Waals surface area contributed by atoms with Gasteiger partial charge in [-0.2, -0.15) is 11.8 Å². The number of benzene rings is 1. The molecule has 118 valence electrons. The van der Waals surface area contributed by atoms with Crippen molar-refractivity contribution in [1.29, 1.82) is 0 Å². The lowest BCUT2D eigenvalue weighted by Gasteiger charge is -2.36. The Labute approximate surface area is 135 Å². The summed E-state index contributed by atoms with van der Waals surface area (Å²) in [5.41, 5.74) is 1.16. The maximum atomic E-state index is 12.7. The van der Waals surface area contributed by atoms with Crippen molar-refractivity contribution in [3.05, 3.63) is 35.9 Å². The van der Waals surface area contributed by atoms with Crippen molar-refractivity contribution in [3.8, 4) is 0 Å². The van der Waals surface area contributed by atoms with Crippen LogP contribution in [-0.4, -0.2) is 52.8 Å². The third-order valence-electron chi connectivity index (χ3n) is 4.61. The molecule has 3 heterocycles. The second-order valence-electron chi connectivity index (χ2n) is 6.11. The Hall–Kier alpha value is -1.49. The summed E-state index contributed by atoms with van der Waals surface area (Å²) in [6.45, 7) is 1.94. The van der Waals surface area contributed by atoms with E-state index in [1.807, 2.05) is 34.3 Å². The van der Waals surface area contributed by atoms with Crippen LogP contribution in [0.1, 0.15) is 18.4 Å². The van der Waals surface area contributed by atoms with Gasteiger partial charge in [0.1, 0.15) is 0 Å². The molecule has 3 saturated heterocycles. The third-order valence-corrected chi connectivity index (χ3v) is 5.15. The van der Waals surface area contributed by atoms with Gasteiger partial charge in [0.25, 0.3) is 0 Å². The predicted molar refractivity (Wildman–Crippen MR) is 88.5 cm³/mol. The first-order chi connectivity index (χ1) is 10.7. The molecule has 3 fully saturated rings. The molecule has 1 aromatic rings. The van der Waals surface area contributed by atoms with Crippen molar-refractivity contribution in [2.45, 2.75) is 25.4 Å². The molecule has 0 radical (unpaired) electrons. The lowest BCUT2D eigenvalue weighted by Crippen LogP contribution is -2.47. The third kappa shape index (κ3) is 3.14. The molecule has 1 aromatic carbocycles. The standard InChI is InChI=1S/C17H22N2O2S/c1-22-12-16(20)18-10-14-7-8-15(11-18)19(17(14)21)9-13-5-3-2-4-6-13/h2-6,14-15H,7-12H2,1H3. The average molecular weight is 318 g/mol. The fourth-order valence-corrected chi connectivity index (χ4v) is 3.88. The molecule has 0 saturated carbocycles. The van der Waals surface area contributed by atoms with E-state index in [4.69, 9.17) is 0 Å². The average Bonchev–Trinajstić information content (AvgIpc) is 2.82. The quantitative estimate of drug-likeness (QED) is 0.852. The van der Waals surface area contributed by atoms with Gasteiger partial charge in [0.05, 0.1) is 11.7 Å². The van der Waals surface area contributed by atoms with Gasteiger partial charge >= 0.3 is 0 Å². The number of hydrogen-bond acceptors (Lipinski definition) is 3. The van der Waals surface area contributed by atoms with Crippen LogP contribution in [0.15, 0.2) is 30.3 Å². The summed E-state index contributed by atoms with van der Waals surface area (Å²) in [7, 11) is 0. The van der Waals surface area contributed by atoms with Crippen LogP contribution >= 0.6 is 11.8 Å². The maximum Gasteiger partial charge on any atom is 0.232 e. The summed E-state index contributed by atoms with van der Waals surface area (Å²) < 4.78 is 0. The molecule has 3 aliphatic heterocycles. The van der Waals surface area contributed by atoms with E-state index < -0.39 is 0 Å². The number of rotatable bonds is 4. The van der Waals surface area contributed by atoms with Gasteiger partial charge < -0.3 is 9.80 Å². The summed E-state index contributed by atoms with van der Waals surface area (Å²) in [5.74, 6) is 0.873. The molecule has 5 heteroatoms. The fourth-order valence-electron chi connectivity index (χ4n) is 3.45. The number of nitrogens with zero attached hydrogens (tertiary/aromatic N) is 2. The molecule has 2 amide bonds. The van der Waals surface area contributed by atoms with Crippen molar-refractivity contribution in [3.63, 3.8) is 0 Å². The molecule has 2 bridgehead atoms. The van der Waals surface area contributed by atoms with Gasteiger partial charge in [0.15, 0.2) is 0 Å². The summed E-state index contributed by atoms with van der Waals surface area (Å²) >= 11 is 1.55. The topological polar surface area (TPSA) is 40.6 Å². The van der Waals surface area contributed by atoms with E-state index in [1.165, 1.54) is 0 Å². The van der Waals surface area contributed by atoms with Crippen LogP contribution in [0, 0.1) is 5.92 Å². The Morgan fingerprint density at radius 2 is 2.00 bits per heavy atom. The molecule has 3 aliphatic rings. The number of hydrogen-bond donors (Lipinski definition) is 0. The normalized spacial score (nSPS) is 24.5. The first kappa shape index (κ1) is 15.4. The molecule has 4 rings (SSSR count). The van der Waals surface area contributed by atoms with Crippen molar-refractivity contribution in [2.24, 2.45) is 5.92 Å². The van der Waals surface area contributed by atoms with E-state index in [9.17, 15) is 9.59 Å². The van der Waals surface area contributed by atoms with Crippen LogP contribution in [0.25, 0.3) is 0 Å². The zero-order valence-corrected chi connectivity index (χ0v) is 13.7. The molecule has 22 heavy (non-hydrogen) atoms. The number of carbonyl (C=O) groups excluding carboxylic acids is 2. The summed E-state index contributed by atoms with van der Waals surface area (Å²) in [5, 5.41) is 0. The molecule has 0 spiro atoms. The minimum atomic E-state index is -0.0201. The van der Waals surface area contributed by atoms with Crippen LogP contribution in [-0.2, 0) is 16.1 Å². The lowest BCUT2D eigenvalue weighted by molar-refractivity contribution is -0.140. The van der Waals surface area contributed by atoms with Gasteiger partial charge in [0.2, 0.25) is 11.8 Å². The van der Waals surface area contributed by atoms with Crippen LogP contribution in [0.4, 0.5) is 0 Å². The minimum absolute atomic E-state index is 0.0201. The molecule has 0 aliphatic carbocycles. The van der Waals surface area contributed by atoms with Gasteiger partial charge in [-0.25, -0.2) is 0 Å². The van der Waals surface area contributed by atoms with E-state index in [2.05, 4.69) is 12.1 Å². The molecule has 4 nitrogen and oxygen atoms in total. The highest BCUT2D eigenvalue weighted by molar-refractivity contribution is 7.99. The van der Waals surface area contributed by atoms with E-state index in [0.29, 0.717) is 25.4 Å². The summed E-state index contributed by atoms with van der Waals surface area (Å²) in [6, 6.07) is 10.3. The first-order valence-electron chi connectivity index (χ1n) is 7.80. The predicted octanol–water partition coefficient (Wildman–Crippen LogP) is 2.00. The number of fused-ring (bicyclic) bond motifs is 4. The Balaban J connectivity index is 1.76. The summed E-state index contributed by atoms with van der Waals surface area (Å²) in [6.07, 6.45) is 3.86. The largest absolute Gasteiger partial charge is 0.339 e. The SMILES string of the molecule is CSCC(=O)N1CC2CCC(C1)N(Cc1ccccc1)C2=O. The van der Waals surface area contributed by atoms with Crippen LogP contribution in [0.2, 0.25) is 0 Å². The lowest BCUT2D eigenvalue weighted by atomic mass is 9.93. The van der Waals surface area contributed by atoms with Gasteiger partial charge in [-0.05, 0) is 24.7 Å². The van der Waals surface area contributed by atoms with Crippen molar-refractivity contribution >= 4 is 23.6 Å². The second kappa shape index (κ2) is 6.73.